The Hall–Kier alpha value is -5.74. The van der Waals surface area contributed by atoms with Gasteiger partial charge in [0.25, 0.3) is 15.7 Å². The van der Waals surface area contributed by atoms with Crippen molar-refractivity contribution in [3.8, 4) is 0 Å². The smallest absolute Gasteiger partial charge is 0.293 e. The van der Waals surface area contributed by atoms with Crippen LogP contribution in [-0.2, 0) is 23.1 Å². The van der Waals surface area contributed by atoms with Gasteiger partial charge in [-0.05, 0) is 86.7 Å². The summed E-state index contributed by atoms with van der Waals surface area (Å²) in [4.78, 5) is 28.2. The average Bonchev–Trinajstić information content (AvgIpc) is 3.25. The van der Waals surface area contributed by atoms with Crippen molar-refractivity contribution in [2.24, 2.45) is 0 Å². The molecule has 1 aromatic heterocycles. The molecular formula is C44H49N9O4S2. The molecule has 1 fully saturated rings. The van der Waals surface area contributed by atoms with E-state index in [-0.39, 0.29) is 28.1 Å². The summed E-state index contributed by atoms with van der Waals surface area (Å²) in [6.45, 7) is 5.78. The molecule has 1 aliphatic heterocycles. The summed E-state index contributed by atoms with van der Waals surface area (Å²) in [5, 5.41) is 19.8. The van der Waals surface area contributed by atoms with Gasteiger partial charge in [0.05, 0.1) is 15.3 Å². The van der Waals surface area contributed by atoms with Crippen LogP contribution < -0.4 is 20.3 Å². The second-order valence-electron chi connectivity index (χ2n) is 14.8. The molecule has 1 saturated heterocycles. The van der Waals surface area contributed by atoms with Crippen molar-refractivity contribution in [1.29, 1.82) is 0 Å². The molecule has 2 heterocycles. The fourth-order valence-corrected chi connectivity index (χ4v) is 9.08. The molecule has 0 spiro atoms. The lowest BCUT2D eigenvalue weighted by atomic mass is 10.1. The number of para-hydroxylation sites is 1. The maximum atomic E-state index is 13.7. The number of piperazine rings is 1. The Morgan fingerprint density at radius 1 is 0.847 bits per heavy atom. The summed E-state index contributed by atoms with van der Waals surface area (Å²) in [5.41, 5.74) is 5.13. The molecule has 0 radical (unpaired) electrons. The van der Waals surface area contributed by atoms with Crippen molar-refractivity contribution >= 4 is 61.3 Å². The lowest BCUT2D eigenvalue weighted by Crippen LogP contribution is -2.46. The number of sulfonamides is 1. The number of benzene rings is 5. The average molecular weight is 832 g/mol. The van der Waals surface area contributed by atoms with E-state index in [1.165, 1.54) is 29.6 Å². The molecule has 0 saturated carbocycles. The van der Waals surface area contributed by atoms with Gasteiger partial charge < -0.3 is 20.4 Å². The number of nitro groups is 1. The van der Waals surface area contributed by atoms with E-state index in [0.29, 0.717) is 16.7 Å². The molecule has 0 unspecified atom stereocenters. The highest BCUT2D eigenvalue weighted by molar-refractivity contribution is 7.99. The van der Waals surface area contributed by atoms with Crippen LogP contribution in [0.4, 0.5) is 28.6 Å². The van der Waals surface area contributed by atoms with Crippen LogP contribution in [0.25, 0.3) is 10.9 Å². The highest BCUT2D eigenvalue weighted by Crippen LogP contribution is 2.32. The van der Waals surface area contributed by atoms with E-state index in [1.807, 2.05) is 68.7 Å². The quantitative estimate of drug-likeness (QED) is 0.0441. The predicted octanol–water partition coefficient (Wildman–Crippen LogP) is 7.80. The standard InChI is InChI=1S/C44H49N9O4S2/c1-50(2)22-21-35(31-58-37-14-7-4-8-15-37)48-41-20-18-38(28-43(41)53(54)55)59(56,57)49-44-39-19-17-36(27-42(39)46-32-47-44)52-25-23-51(24-26-52)30-34-13-9-10-16-40(34)45-29-33-11-5-3-6-12-33/h3-20,27-28,32,35,45,48H,21-26,29-31H2,1-2H3,(H,46,47,49)/t35-/m1/s1. The summed E-state index contributed by atoms with van der Waals surface area (Å²) in [5.74, 6) is 0.760. The molecule has 1 aliphatic rings. The van der Waals surface area contributed by atoms with E-state index >= 15 is 0 Å². The Balaban J connectivity index is 1.00. The van der Waals surface area contributed by atoms with E-state index in [1.54, 1.807) is 11.8 Å². The van der Waals surface area contributed by atoms with E-state index in [4.69, 9.17) is 0 Å². The first-order chi connectivity index (χ1) is 28.6. The molecule has 13 nitrogen and oxygen atoms in total. The summed E-state index contributed by atoms with van der Waals surface area (Å²) in [6, 6.07) is 38.3. The molecule has 59 heavy (non-hydrogen) atoms. The normalized spacial score (nSPS) is 14.0. The molecule has 5 aromatic carbocycles. The van der Waals surface area contributed by atoms with Crippen molar-refractivity contribution in [2.75, 3.05) is 72.8 Å². The van der Waals surface area contributed by atoms with E-state index in [0.717, 1.165) is 74.6 Å². The van der Waals surface area contributed by atoms with E-state index in [9.17, 15) is 18.5 Å². The minimum atomic E-state index is -4.26. The van der Waals surface area contributed by atoms with Gasteiger partial charge >= 0.3 is 0 Å². The minimum Gasteiger partial charge on any atom is -0.381 e. The Morgan fingerprint density at radius 3 is 2.32 bits per heavy atom. The number of fused-ring (bicyclic) bond motifs is 1. The van der Waals surface area contributed by atoms with Gasteiger partial charge in [-0.2, -0.15) is 0 Å². The van der Waals surface area contributed by atoms with Crippen LogP contribution in [0.15, 0.2) is 137 Å². The zero-order valence-electron chi connectivity index (χ0n) is 33.2. The molecule has 0 amide bonds. The first-order valence-corrected chi connectivity index (χ1v) is 22.1. The summed E-state index contributed by atoms with van der Waals surface area (Å²) < 4.78 is 30.1. The van der Waals surface area contributed by atoms with Crippen molar-refractivity contribution in [3.05, 3.63) is 149 Å². The zero-order valence-corrected chi connectivity index (χ0v) is 34.8. The van der Waals surface area contributed by atoms with Gasteiger partial charge in [0.15, 0.2) is 5.82 Å². The van der Waals surface area contributed by atoms with Crippen molar-refractivity contribution in [2.45, 2.75) is 35.3 Å². The van der Waals surface area contributed by atoms with Crippen LogP contribution in [0.1, 0.15) is 17.5 Å². The van der Waals surface area contributed by atoms with Crippen LogP contribution in [0, 0.1) is 10.1 Å². The third-order valence-corrected chi connectivity index (χ3v) is 12.8. The van der Waals surface area contributed by atoms with E-state index < -0.39 is 14.9 Å². The monoisotopic (exact) mass is 831 g/mol. The van der Waals surface area contributed by atoms with Crippen molar-refractivity contribution in [1.82, 2.24) is 19.8 Å². The Bertz CT molecular complexity index is 2450. The Kier molecular flexibility index (Phi) is 13.6. The number of hydrogen-bond donors (Lipinski definition) is 3. The summed E-state index contributed by atoms with van der Waals surface area (Å²) >= 11 is 1.66. The number of rotatable bonds is 18. The van der Waals surface area contributed by atoms with Crippen molar-refractivity contribution < 1.29 is 13.3 Å². The number of hydrogen-bond acceptors (Lipinski definition) is 12. The second kappa shape index (κ2) is 19.3. The highest BCUT2D eigenvalue weighted by atomic mass is 32.2. The first kappa shape index (κ1) is 41.4. The van der Waals surface area contributed by atoms with Crippen LogP contribution in [0.5, 0.6) is 0 Å². The number of aromatic nitrogens is 2. The summed E-state index contributed by atoms with van der Waals surface area (Å²) in [6.07, 6.45) is 2.05. The molecule has 3 N–H and O–H groups in total. The van der Waals surface area contributed by atoms with Gasteiger partial charge in [0, 0.05) is 78.8 Å². The van der Waals surface area contributed by atoms with Crippen LogP contribution >= 0.6 is 11.8 Å². The number of nitrogens with one attached hydrogen (secondary N) is 3. The third-order valence-electron chi connectivity index (χ3n) is 10.3. The van der Waals surface area contributed by atoms with Crippen LogP contribution in [-0.4, -0.2) is 91.7 Å². The molecule has 1 atom stereocenters. The summed E-state index contributed by atoms with van der Waals surface area (Å²) in [7, 11) is -0.304. The van der Waals surface area contributed by atoms with Crippen molar-refractivity contribution in [3.63, 3.8) is 0 Å². The second-order valence-corrected chi connectivity index (χ2v) is 17.6. The van der Waals surface area contributed by atoms with E-state index in [2.05, 4.69) is 88.6 Å². The Morgan fingerprint density at radius 2 is 1.58 bits per heavy atom. The number of anilines is 4. The topological polar surface area (TPSA) is 149 Å². The molecule has 306 valence electrons. The van der Waals surface area contributed by atoms with Crippen LogP contribution in [0.2, 0.25) is 0 Å². The van der Waals surface area contributed by atoms with Gasteiger partial charge in [-0.25, -0.2) is 18.4 Å². The number of nitrogens with zero attached hydrogens (tertiary/aromatic N) is 6. The lowest BCUT2D eigenvalue weighted by Gasteiger charge is -2.36. The molecule has 7 rings (SSSR count). The largest absolute Gasteiger partial charge is 0.381 e. The lowest BCUT2D eigenvalue weighted by molar-refractivity contribution is -0.384. The van der Waals surface area contributed by atoms with Gasteiger partial charge in [-0.3, -0.25) is 19.7 Å². The fraction of sp³-hybridized carbons (Fsp3) is 0.273. The molecule has 0 bridgehead atoms. The van der Waals surface area contributed by atoms with Gasteiger partial charge in [-0.1, -0.05) is 66.7 Å². The van der Waals surface area contributed by atoms with Gasteiger partial charge in [0.2, 0.25) is 0 Å². The molecule has 0 aliphatic carbocycles. The minimum absolute atomic E-state index is 0.0949. The Labute approximate surface area is 350 Å². The van der Waals surface area contributed by atoms with Gasteiger partial charge in [-0.15, -0.1) is 11.8 Å². The fourth-order valence-electron chi connectivity index (χ4n) is 7.03. The highest BCUT2D eigenvalue weighted by Gasteiger charge is 2.25. The third kappa shape index (κ3) is 11.1. The maximum Gasteiger partial charge on any atom is 0.293 e. The SMILES string of the molecule is CN(C)CC[C@H](CSc1ccccc1)Nc1ccc(S(=O)(=O)Nc2ncnc3cc(N4CCN(Cc5ccccc5NCc5ccccc5)CC4)ccc23)cc1[N+](=O)[O-]. The molecule has 15 heteroatoms. The number of nitro benzene ring substituents is 1. The number of thioether (sulfide) groups is 1. The van der Waals surface area contributed by atoms with Crippen LogP contribution in [0.3, 0.4) is 0 Å². The predicted molar refractivity (Wildman–Crippen MR) is 239 cm³/mol. The zero-order chi connectivity index (χ0) is 41.2. The molecular weight excluding hydrogens is 783 g/mol. The maximum absolute atomic E-state index is 13.7. The first-order valence-electron chi connectivity index (χ1n) is 19.6. The van der Waals surface area contributed by atoms with Gasteiger partial charge in [0.1, 0.15) is 12.0 Å². The molecule has 6 aromatic rings.